The highest BCUT2D eigenvalue weighted by atomic mass is 79.9. The summed E-state index contributed by atoms with van der Waals surface area (Å²) in [6.07, 6.45) is 7.93. The maximum atomic E-state index is 14.6. The van der Waals surface area contributed by atoms with Crippen molar-refractivity contribution in [3.05, 3.63) is 52.3 Å². The number of halogens is 2. The Labute approximate surface area is 158 Å². The van der Waals surface area contributed by atoms with Gasteiger partial charge >= 0.3 is 0 Å². The number of ether oxygens (including phenoxy) is 1. The molecule has 25 heavy (non-hydrogen) atoms. The normalized spacial score (nSPS) is 20.5. The lowest BCUT2D eigenvalue weighted by molar-refractivity contribution is 0.308. The molecule has 0 spiro atoms. The molecule has 0 heterocycles. The van der Waals surface area contributed by atoms with Crippen molar-refractivity contribution >= 4 is 15.9 Å². The zero-order valence-corrected chi connectivity index (χ0v) is 16.6. The van der Waals surface area contributed by atoms with E-state index >= 15 is 0 Å². The van der Waals surface area contributed by atoms with Crippen molar-refractivity contribution in [2.75, 3.05) is 7.11 Å². The summed E-state index contributed by atoms with van der Waals surface area (Å²) in [5.74, 6) is 1.52. The minimum absolute atomic E-state index is 0.260. The smallest absolute Gasteiger partial charge is 0.174 e. The van der Waals surface area contributed by atoms with Crippen molar-refractivity contribution in [3.63, 3.8) is 0 Å². The minimum Gasteiger partial charge on any atom is -0.492 e. The second kappa shape index (κ2) is 8.35. The molecular weight excluding hydrogens is 379 g/mol. The van der Waals surface area contributed by atoms with Gasteiger partial charge in [-0.05, 0) is 70.6 Å². The third kappa shape index (κ3) is 4.08. The first kappa shape index (κ1) is 18.4. The zero-order valence-electron chi connectivity index (χ0n) is 15.0. The average molecular weight is 405 g/mol. The summed E-state index contributed by atoms with van der Waals surface area (Å²) in [6.45, 7) is 2.28. The number of benzene rings is 2. The van der Waals surface area contributed by atoms with Crippen molar-refractivity contribution < 1.29 is 9.13 Å². The van der Waals surface area contributed by atoms with E-state index in [4.69, 9.17) is 4.74 Å². The lowest BCUT2D eigenvalue weighted by atomic mass is 9.77. The van der Waals surface area contributed by atoms with E-state index in [9.17, 15) is 4.39 Å². The van der Waals surface area contributed by atoms with Gasteiger partial charge < -0.3 is 4.74 Å². The van der Waals surface area contributed by atoms with E-state index in [1.807, 2.05) is 18.2 Å². The average Bonchev–Trinajstić information content (AvgIpc) is 2.63. The van der Waals surface area contributed by atoms with Crippen LogP contribution in [0.4, 0.5) is 4.39 Å². The van der Waals surface area contributed by atoms with Gasteiger partial charge in [0.25, 0.3) is 0 Å². The molecule has 134 valence electrons. The molecule has 1 aliphatic rings. The third-order valence-electron chi connectivity index (χ3n) is 5.49. The summed E-state index contributed by atoms with van der Waals surface area (Å²) in [7, 11) is 1.49. The molecule has 2 aromatic carbocycles. The summed E-state index contributed by atoms with van der Waals surface area (Å²) in [5.41, 5.74) is 2.87. The fourth-order valence-corrected chi connectivity index (χ4v) is 4.54. The second-order valence-corrected chi connectivity index (χ2v) is 7.92. The van der Waals surface area contributed by atoms with Gasteiger partial charge in [0.05, 0.1) is 11.6 Å². The molecule has 0 N–H and O–H groups in total. The van der Waals surface area contributed by atoms with Crippen LogP contribution in [0.25, 0.3) is 11.1 Å². The lowest BCUT2D eigenvalue weighted by Crippen LogP contribution is -2.13. The Hall–Kier alpha value is -1.35. The SMILES string of the molecule is CCCC1CCC(c2ccc(-c3ccc(Br)c(OC)c3F)cc2)CC1. The van der Waals surface area contributed by atoms with Crippen LogP contribution in [0, 0.1) is 11.7 Å². The largest absolute Gasteiger partial charge is 0.492 e. The van der Waals surface area contributed by atoms with Crippen LogP contribution < -0.4 is 4.74 Å². The minimum atomic E-state index is -0.315. The maximum Gasteiger partial charge on any atom is 0.174 e. The predicted molar refractivity (Wildman–Crippen MR) is 106 cm³/mol. The molecule has 0 amide bonds. The van der Waals surface area contributed by atoms with Crippen molar-refractivity contribution in [2.24, 2.45) is 5.92 Å². The van der Waals surface area contributed by atoms with Crippen LogP contribution >= 0.6 is 15.9 Å². The van der Waals surface area contributed by atoms with Crippen LogP contribution in [0.1, 0.15) is 56.9 Å². The molecule has 0 bridgehead atoms. The summed E-state index contributed by atoms with van der Waals surface area (Å²) >= 11 is 3.33. The van der Waals surface area contributed by atoms with Crippen molar-refractivity contribution in [1.82, 2.24) is 0 Å². The van der Waals surface area contributed by atoms with Crippen molar-refractivity contribution in [2.45, 2.75) is 51.4 Å². The van der Waals surface area contributed by atoms with Gasteiger partial charge in [-0.3, -0.25) is 0 Å². The topological polar surface area (TPSA) is 9.23 Å². The van der Waals surface area contributed by atoms with Gasteiger partial charge in [0.1, 0.15) is 0 Å². The van der Waals surface area contributed by atoms with E-state index in [-0.39, 0.29) is 11.6 Å². The van der Waals surface area contributed by atoms with Crippen LogP contribution in [0.2, 0.25) is 0 Å². The van der Waals surface area contributed by atoms with Crippen LogP contribution in [0.15, 0.2) is 40.9 Å². The number of methoxy groups -OCH3 is 1. The highest BCUT2D eigenvalue weighted by Crippen LogP contribution is 2.39. The molecule has 1 fully saturated rings. The number of rotatable bonds is 5. The Morgan fingerprint density at radius 2 is 1.72 bits per heavy atom. The monoisotopic (exact) mass is 404 g/mol. The summed E-state index contributed by atoms with van der Waals surface area (Å²) in [4.78, 5) is 0. The van der Waals surface area contributed by atoms with Gasteiger partial charge in [-0.25, -0.2) is 4.39 Å². The first-order chi connectivity index (χ1) is 12.1. The second-order valence-electron chi connectivity index (χ2n) is 7.07. The molecule has 3 heteroatoms. The molecule has 0 saturated heterocycles. The van der Waals surface area contributed by atoms with E-state index in [0.717, 1.165) is 11.5 Å². The van der Waals surface area contributed by atoms with E-state index in [2.05, 4.69) is 35.0 Å². The van der Waals surface area contributed by atoms with Crippen LogP contribution in [-0.4, -0.2) is 7.11 Å². The van der Waals surface area contributed by atoms with Crippen LogP contribution in [-0.2, 0) is 0 Å². The highest BCUT2D eigenvalue weighted by molar-refractivity contribution is 9.10. The predicted octanol–water partition coefficient (Wildman–Crippen LogP) is 7.34. The van der Waals surface area contributed by atoms with Gasteiger partial charge in [-0.2, -0.15) is 0 Å². The molecule has 1 nitrogen and oxygen atoms in total. The molecule has 3 rings (SSSR count). The number of hydrogen-bond donors (Lipinski definition) is 0. The van der Waals surface area contributed by atoms with Gasteiger partial charge in [-0.15, -0.1) is 0 Å². The first-order valence-corrected chi connectivity index (χ1v) is 10.1. The lowest BCUT2D eigenvalue weighted by Gasteiger charge is -2.28. The highest BCUT2D eigenvalue weighted by Gasteiger charge is 2.22. The van der Waals surface area contributed by atoms with Crippen LogP contribution in [0.5, 0.6) is 5.75 Å². The van der Waals surface area contributed by atoms with Crippen molar-refractivity contribution in [3.8, 4) is 16.9 Å². The molecule has 2 aromatic rings. The van der Waals surface area contributed by atoms with Crippen molar-refractivity contribution in [1.29, 1.82) is 0 Å². The molecular formula is C22H26BrFO. The molecule has 0 aromatic heterocycles. The molecule has 0 unspecified atom stereocenters. The van der Waals surface area contributed by atoms with Gasteiger partial charge in [0, 0.05) is 5.56 Å². The molecule has 0 aliphatic heterocycles. The van der Waals surface area contributed by atoms with E-state index < -0.39 is 0 Å². The first-order valence-electron chi connectivity index (χ1n) is 9.26. The van der Waals surface area contributed by atoms with E-state index in [1.165, 1.54) is 51.2 Å². The van der Waals surface area contributed by atoms with E-state index in [0.29, 0.717) is 16.0 Å². The molecule has 0 radical (unpaired) electrons. The fraction of sp³-hybridized carbons (Fsp3) is 0.455. The Bertz CT molecular complexity index is 703. The van der Waals surface area contributed by atoms with E-state index in [1.54, 1.807) is 6.07 Å². The molecule has 1 aliphatic carbocycles. The Balaban J connectivity index is 1.75. The number of hydrogen-bond acceptors (Lipinski definition) is 1. The Morgan fingerprint density at radius 1 is 1.04 bits per heavy atom. The summed E-state index contributed by atoms with van der Waals surface area (Å²) in [6, 6.07) is 12.1. The Kier molecular flexibility index (Phi) is 6.16. The van der Waals surface area contributed by atoms with Gasteiger partial charge in [0.15, 0.2) is 11.6 Å². The summed E-state index contributed by atoms with van der Waals surface area (Å²) < 4.78 is 20.4. The van der Waals surface area contributed by atoms with Gasteiger partial charge in [-0.1, -0.05) is 50.1 Å². The fourth-order valence-electron chi connectivity index (χ4n) is 4.07. The third-order valence-corrected chi connectivity index (χ3v) is 6.11. The summed E-state index contributed by atoms with van der Waals surface area (Å²) in [5, 5.41) is 0. The molecule has 0 atom stereocenters. The molecule has 1 saturated carbocycles. The standard InChI is InChI=1S/C22H26BrFO/c1-3-4-15-5-7-16(8-6-15)17-9-11-18(12-10-17)19-13-14-20(23)22(25-2)21(19)24/h9-16H,3-8H2,1-2H3. The Morgan fingerprint density at radius 3 is 2.32 bits per heavy atom. The quantitative estimate of drug-likeness (QED) is 0.506. The van der Waals surface area contributed by atoms with Gasteiger partial charge in [0.2, 0.25) is 0 Å². The maximum absolute atomic E-state index is 14.6. The van der Waals surface area contributed by atoms with Crippen LogP contribution in [0.3, 0.4) is 0 Å². The zero-order chi connectivity index (χ0) is 17.8.